The standard InChI is InChI=1S/C18H26N6O2.ClH/c1-11(2)8-14-9-13(10-15(25)20-14)17(26)22-18-21-16(23-24(18)3)12-4-6-19-7-5-12;/h9-12,19H,4-8H2,1-3H3,(H,20,25)(H,21,22,23,26);1H. The van der Waals surface area contributed by atoms with Gasteiger partial charge in [-0.2, -0.15) is 10.1 Å². The minimum Gasteiger partial charge on any atom is -0.326 e. The first-order chi connectivity index (χ1) is 12.4. The van der Waals surface area contributed by atoms with E-state index in [4.69, 9.17) is 0 Å². The van der Waals surface area contributed by atoms with Gasteiger partial charge < -0.3 is 10.3 Å². The molecule has 0 saturated carbocycles. The lowest BCUT2D eigenvalue weighted by Crippen LogP contribution is -2.27. The fourth-order valence-electron chi connectivity index (χ4n) is 3.22. The number of halogens is 1. The fraction of sp³-hybridized carbons (Fsp3) is 0.556. The molecule has 27 heavy (non-hydrogen) atoms. The quantitative estimate of drug-likeness (QED) is 0.717. The third kappa shape index (κ3) is 5.40. The highest BCUT2D eigenvalue weighted by atomic mass is 35.5. The van der Waals surface area contributed by atoms with Crippen LogP contribution >= 0.6 is 12.4 Å². The highest BCUT2D eigenvalue weighted by Gasteiger charge is 2.21. The molecule has 1 fully saturated rings. The Morgan fingerprint density at radius 2 is 2.04 bits per heavy atom. The number of carbonyl (C=O) groups excluding carboxylic acids is 1. The Morgan fingerprint density at radius 3 is 2.70 bits per heavy atom. The van der Waals surface area contributed by atoms with Gasteiger partial charge in [-0.05, 0) is 44.3 Å². The number of nitrogens with one attached hydrogen (secondary N) is 3. The van der Waals surface area contributed by atoms with Crippen LogP contribution in [0.3, 0.4) is 0 Å². The molecule has 1 saturated heterocycles. The molecule has 3 N–H and O–H groups in total. The maximum atomic E-state index is 12.6. The normalized spacial score (nSPS) is 14.8. The van der Waals surface area contributed by atoms with Crippen molar-refractivity contribution in [3.63, 3.8) is 0 Å². The average Bonchev–Trinajstić information content (AvgIpc) is 2.95. The molecule has 0 unspecified atom stereocenters. The number of carbonyl (C=O) groups is 1. The summed E-state index contributed by atoms with van der Waals surface area (Å²) in [6.45, 7) is 6.03. The molecule has 8 nitrogen and oxygen atoms in total. The molecule has 0 aromatic carbocycles. The van der Waals surface area contributed by atoms with E-state index in [2.05, 4.69) is 39.5 Å². The van der Waals surface area contributed by atoms with Crippen molar-refractivity contribution in [2.24, 2.45) is 13.0 Å². The molecule has 0 spiro atoms. The molecule has 3 rings (SSSR count). The zero-order chi connectivity index (χ0) is 18.7. The van der Waals surface area contributed by atoms with Crippen molar-refractivity contribution in [3.8, 4) is 0 Å². The van der Waals surface area contributed by atoms with Gasteiger partial charge >= 0.3 is 0 Å². The summed E-state index contributed by atoms with van der Waals surface area (Å²) >= 11 is 0. The zero-order valence-corrected chi connectivity index (χ0v) is 16.7. The first-order valence-corrected chi connectivity index (χ1v) is 9.08. The number of anilines is 1. The number of piperidine rings is 1. The van der Waals surface area contributed by atoms with Crippen molar-refractivity contribution in [3.05, 3.63) is 39.6 Å². The van der Waals surface area contributed by atoms with E-state index >= 15 is 0 Å². The molecule has 1 aliphatic rings. The van der Waals surface area contributed by atoms with Gasteiger partial charge in [0, 0.05) is 30.3 Å². The summed E-state index contributed by atoms with van der Waals surface area (Å²) in [4.78, 5) is 31.7. The van der Waals surface area contributed by atoms with Gasteiger partial charge in [-0.1, -0.05) is 13.8 Å². The maximum absolute atomic E-state index is 12.6. The van der Waals surface area contributed by atoms with Gasteiger partial charge in [-0.25, -0.2) is 4.68 Å². The zero-order valence-electron chi connectivity index (χ0n) is 15.9. The van der Waals surface area contributed by atoms with Crippen LogP contribution in [0.4, 0.5) is 5.95 Å². The number of aryl methyl sites for hydroxylation is 1. The van der Waals surface area contributed by atoms with Crippen molar-refractivity contribution in [1.29, 1.82) is 0 Å². The minimum absolute atomic E-state index is 0. The average molecular weight is 395 g/mol. The molecule has 0 aliphatic carbocycles. The maximum Gasteiger partial charge on any atom is 0.258 e. The SMILES string of the molecule is CC(C)Cc1cc(C(=O)Nc2nc(C3CCNCC3)nn2C)cc(=O)[nH]1.Cl. The van der Waals surface area contributed by atoms with Crippen LogP contribution in [-0.2, 0) is 13.5 Å². The van der Waals surface area contributed by atoms with Gasteiger partial charge in [0.1, 0.15) is 0 Å². The van der Waals surface area contributed by atoms with E-state index in [0.29, 0.717) is 29.8 Å². The van der Waals surface area contributed by atoms with Gasteiger partial charge in [-0.15, -0.1) is 12.4 Å². The molecular weight excluding hydrogens is 368 g/mol. The van der Waals surface area contributed by atoms with Crippen LogP contribution in [0.2, 0.25) is 0 Å². The molecule has 2 aromatic rings. The second-order valence-electron chi connectivity index (χ2n) is 7.25. The first-order valence-electron chi connectivity index (χ1n) is 9.08. The summed E-state index contributed by atoms with van der Waals surface area (Å²) in [5.41, 5.74) is 0.809. The molecule has 1 amide bonds. The second kappa shape index (κ2) is 9.14. The van der Waals surface area contributed by atoms with E-state index < -0.39 is 0 Å². The van der Waals surface area contributed by atoms with Crippen LogP contribution in [-0.4, -0.2) is 38.7 Å². The Hall–Kier alpha value is -2.19. The summed E-state index contributed by atoms with van der Waals surface area (Å²) in [7, 11) is 1.76. The van der Waals surface area contributed by atoms with Crippen molar-refractivity contribution < 1.29 is 4.79 Å². The number of nitrogens with zero attached hydrogens (tertiary/aromatic N) is 3. The number of hydrogen-bond donors (Lipinski definition) is 3. The predicted octanol–water partition coefficient (Wildman–Crippen LogP) is 1.84. The van der Waals surface area contributed by atoms with Crippen molar-refractivity contribution in [2.75, 3.05) is 18.4 Å². The number of aromatic amines is 1. The van der Waals surface area contributed by atoms with E-state index in [0.717, 1.165) is 37.4 Å². The summed E-state index contributed by atoms with van der Waals surface area (Å²) in [6.07, 6.45) is 2.69. The van der Waals surface area contributed by atoms with Crippen molar-refractivity contribution in [2.45, 2.75) is 39.0 Å². The van der Waals surface area contributed by atoms with Crippen LogP contribution in [0, 0.1) is 5.92 Å². The lowest BCUT2D eigenvalue weighted by Gasteiger charge is -2.19. The molecule has 1 aliphatic heterocycles. The summed E-state index contributed by atoms with van der Waals surface area (Å²) in [5, 5.41) is 10.5. The molecule has 0 radical (unpaired) electrons. The Bertz CT molecular complexity index is 839. The van der Waals surface area contributed by atoms with E-state index in [1.165, 1.54) is 6.07 Å². The number of amides is 1. The number of hydrogen-bond acceptors (Lipinski definition) is 5. The summed E-state index contributed by atoms with van der Waals surface area (Å²) in [6, 6.07) is 3.03. The summed E-state index contributed by atoms with van der Waals surface area (Å²) in [5.74, 6) is 1.50. The topological polar surface area (TPSA) is 105 Å². The van der Waals surface area contributed by atoms with E-state index in [1.807, 2.05) is 0 Å². The van der Waals surface area contributed by atoms with Gasteiger partial charge in [0.15, 0.2) is 5.82 Å². The second-order valence-corrected chi connectivity index (χ2v) is 7.25. The van der Waals surface area contributed by atoms with Crippen LogP contribution in [0.1, 0.15) is 54.5 Å². The Balaban J connectivity index is 0.00000261. The van der Waals surface area contributed by atoms with Crippen molar-refractivity contribution >= 4 is 24.3 Å². The van der Waals surface area contributed by atoms with Crippen molar-refractivity contribution in [1.82, 2.24) is 25.1 Å². The molecule has 0 atom stereocenters. The number of pyridine rings is 1. The van der Waals surface area contributed by atoms with Gasteiger partial charge in [0.2, 0.25) is 11.5 Å². The third-order valence-corrected chi connectivity index (χ3v) is 4.50. The Kier molecular flexibility index (Phi) is 7.15. The summed E-state index contributed by atoms with van der Waals surface area (Å²) < 4.78 is 1.58. The van der Waals surface area contributed by atoms with Gasteiger partial charge in [-0.3, -0.25) is 14.9 Å². The lowest BCUT2D eigenvalue weighted by atomic mass is 9.98. The Labute approximate surface area is 164 Å². The largest absolute Gasteiger partial charge is 0.326 e. The minimum atomic E-state index is -0.353. The van der Waals surface area contributed by atoms with E-state index in [1.54, 1.807) is 17.8 Å². The molecule has 2 aromatic heterocycles. The first kappa shape index (κ1) is 21.1. The molecular formula is C18H27ClN6O2. The van der Waals surface area contributed by atoms with E-state index in [9.17, 15) is 9.59 Å². The van der Waals surface area contributed by atoms with Gasteiger partial charge in [0.05, 0.1) is 0 Å². The highest BCUT2D eigenvalue weighted by Crippen LogP contribution is 2.23. The number of rotatable bonds is 5. The Morgan fingerprint density at radius 1 is 1.33 bits per heavy atom. The molecule has 0 bridgehead atoms. The van der Waals surface area contributed by atoms with Crippen LogP contribution in [0.25, 0.3) is 0 Å². The number of H-pyrrole nitrogens is 1. The third-order valence-electron chi connectivity index (χ3n) is 4.50. The van der Waals surface area contributed by atoms with Gasteiger partial charge in [0.25, 0.3) is 5.91 Å². The van der Waals surface area contributed by atoms with E-state index in [-0.39, 0.29) is 23.9 Å². The number of aromatic nitrogens is 4. The molecule has 148 valence electrons. The monoisotopic (exact) mass is 394 g/mol. The molecule has 3 heterocycles. The van der Waals surface area contributed by atoms with Crippen LogP contribution in [0.15, 0.2) is 16.9 Å². The van der Waals surface area contributed by atoms with Crippen LogP contribution < -0.4 is 16.2 Å². The fourth-order valence-corrected chi connectivity index (χ4v) is 3.22. The highest BCUT2D eigenvalue weighted by molar-refractivity contribution is 6.03. The lowest BCUT2D eigenvalue weighted by molar-refractivity contribution is 0.102. The van der Waals surface area contributed by atoms with Crippen LogP contribution in [0.5, 0.6) is 0 Å². The smallest absolute Gasteiger partial charge is 0.258 e. The predicted molar refractivity (Wildman–Crippen MR) is 107 cm³/mol. The molecule has 9 heteroatoms.